The number of hydrogen-bond donors (Lipinski definition) is 0. The average Bonchev–Trinajstić information content (AvgIpc) is 2.42. The van der Waals surface area contributed by atoms with E-state index in [0.717, 1.165) is 11.6 Å². The zero-order chi connectivity index (χ0) is 14.0. The smallest absolute Gasteiger partial charge is 0.172 e. The second-order valence-electron chi connectivity index (χ2n) is 4.45. The summed E-state index contributed by atoms with van der Waals surface area (Å²) < 4.78 is 26.9. The summed E-state index contributed by atoms with van der Waals surface area (Å²) in [6.07, 6.45) is 3.15. The van der Waals surface area contributed by atoms with Gasteiger partial charge in [-0.25, -0.2) is 8.78 Å². The molecule has 19 heavy (non-hydrogen) atoms. The minimum absolute atomic E-state index is 0.0804. The molecule has 4 heteroatoms. The maximum atomic E-state index is 13.7. The second-order valence-corrected chi connectivity index (χ2v) is 4.45. The van der Waals surface area contributed by atoms with Gasteiger partial charge in [0.15, 0.2) is 5.78 Å². The first-order chi connectivity index (χ1) is 9.00. The van der Waals surface area contributed by atoms with Gasteiger partial charge in [-0.15, -0.1) is 0 Å². The van der Waals surface area contributed by atoms with Crippen molar-refractivity contribution in [2.75, 3.05) is 0 Å². The summed E-state index contributed by atoms with van der Waals surface area (Å²) in [7, 11) is 0. The van der Waals surface area contributed by atoms with Crippen molar-refractivity contribution in [2.45, 2.75) is 19.8 Å². The summed E-state index contributed by atoms with van der Waals surface area (Å²) in [5.41, 5.74) is 0.927. The topological polar surface area (TPSA) is 30.0 Å². The van der Waals surface area contributed by atoms with Crippen molar-refractivity contribution in [3.05, 3.63) is 65.0 Å². The maximum Gasteiger partial charge on any atom is 0.172 e. The molecule has 1 aromatic heterocycles. The second kappa shape index (κ2) is 5.26. The fourth-order valence-corrected chi connectivity index (χ4v) is 1.88. The molecule has 0 bridgehead atoms. The molecule has 0 aliphatic heterocycles. The van der Waals surface area contributed by atoms with Gasteiger partial charge in [0, 0.05) is 24.4 Å². The predicted octanol–water partition coefficient (Wildman–Crippen LogP) is 3.65. The van der Waals surface area contributed by atoms with E-state index in [4.69, 9.17) is 0 Å². The number of aromatic nitrogens is 1. The molecule has 1 atom stereocenters. The van der Waals surface area contributed by atoms with Crippen LogP contribution in [-0.4, -0.2) is 10.8 Å². The normalized spacial score (nSPS) is 12.2. The van der Waals surface area contributed by atoms with Gasteiger partial charge in [0.1, 0.15) is 11.6 Å². The lowest BCUT2D eigenvalue weighted by molar-refractivity contribution is 0.0962. The number of aryl methyl sites for hydroxylation is 1. The van der Waals surface area contributed by atoms with Crippen molar-refractivity contribution in [1.29, 1.82) is 0 Å². The molecule has 1 aromatic carbocycles. The van der Waals surface area contributed by atoms with E-state index in [0.29, 0.717) is 0 Å². The Labute approximate surface area is 110 Å². The fraction of sp³-hybridized carbons (Fsp3) is 0.200. The molecule has 0 saturated carbocycles. The van der Waals surface area contributed by atoms with Crippen LogP contribution in [-0.2, 0) is 0 Å². The average molecular weight is 261 g/mol. The van der Waals surface area contributed by atoms with E-state index >= 15 is 0 Å². The molecule has 2 aromatic rings. The summed E-state index contributed by atoms with van der Waals surface area (Å²) in [5, 5.41) is 0. The molecule has 98 valence electrons. The monoisotopic (exact) mass is 261 g/mol. The number of carbonyl (C=O) groups is 1. The number of hydrogen-bond acceptors (Lipinski definition) is 2. The SMILES string of the molecule is Cc1cc(C(=O)C(C)c2ccncc2)c(F)cc1F. The number of nitrogens with zero attached hydrogens (tertiary/aromatic N) is 1. The number of Topliss-reactive ketones (excluding diaryl/α,β-unsaturated/α-hetero) is 1. The van der Waals surface area contributed by atoms with E-state index in [9.17, 15) is 13.6 Å². The number of ketones is 1. The van der Waals surface area contributed by atoms with Crippen LogP contribution >= 0.6 is 0 Å². The molecule has 2 rings (SSSR count). The van der Waals surface area contributed by atoms with Crippen LogP contribution in [0.5, 0.6) is 0 Å². The maximum absolute atomic E-state index is 13.7. The highest BCUT2D eigenvalue weighted by atomic mass is 19.1. The van der Waals surface area contributed by atoms with E-state index in [2.05, 4.69) is 4.98 Å². The highest BCUT2D eigenvalue weighted by Crippen LogP contribution is 2.23. The van der Waals surface area contributed by atoms with Crippen LogP contribution in [0.25, 0.3) is 0 Å². The molecular weight excluding hydrogens is 248 g/mol. The highest BCUT2D eigenvalue weighted by molar-refractivity contribution is 6.01. The van der Waals surface area contributed by atoms with Gasteiger partial charge in [0.2, 0.25) is 0 Å². The van der Waals surface area contributed by atoms with E-state index in [-0.39, 0.29) is 16.9 Å². The van der Waals surface area contributed by atoms with Gasteiger partial charge in [-0.1, -0.05) is 6.92 Å². The van der Waals surface area contributed by atoms with Crippen molar-refractivity contribution in [3.63, 3.8) is 0 Å². The molecule has 0 aliphatic rings. The summed E-state index contributed by atoms with van der Waals surface area (Å²) >= 11 is 0. The Kier molecular flexibility index (Phi) is 3.69. The molecule has 1 heterocycles. The Morgan fingerprint density at radius 2 is 1.79 bits per heavy atom. The van der Waals surface area contributed by atoms with Crippen LogP contribution in [0, 0.1) is 18.6 Å². The lowest BCUT2D eigenvalue weighted by atomic mass is 9.92. The third-order valence-corrected chi connectivity index (χ3v) is 3.11. The van der Waals surface area contributed by atoms with Gasteiger partial charge >= 0.3 is 0 Å². The first kappa shape index (κ1) is 13.3. The molecular formula is C15H13F2NO. The lowest BCUT2D eigenvalue weighted by Gasteiger charge is -2.12. The standard InChI is InChI=1S/C15H13F2NO/c1-9-7-12(14(17)8-13(9)16)15(19)10(2)11-3-5-18-6-4-11/h3-8,10H,1-2H3. The summed E-state index contributed by atoms with van der Waals surface area (Å²) in [4.78, 5) is 16.1. The fourth-order valence-electron chi connectivity index (χ4n) is 1.88. The quantitative estimate of drug-likeness (QED) is 0.789. The van der Waals surface area contributed by atoms with Crippen LogP contribution in [0.3, 0.4) is 0 Å². The van der Waals surface area contributed by atoms with E-state index in [1.54, 1.807) is 31.5 Å². The van der Waals surface area contributed by atoms with E-state index < -0.39 is 17.6 Å². The minimum atomic E-state index is -0.825. The van der Waals surface area contributed by atoms with Gasteiger partial charge in [0.05, 0.1) is 5.56 Å². The molecule has 0 aliphatic carbocycles. The Balaban J connectivity index is 2.37. The molecule has 0 N–H and O–H groups in total. The molecule has 1 unspecified atom stereocenters. The van der Waals surface area contributed by atoms with Crippen LogP contribution in [0.4, 0.5) is 8.78 Å². The Bertz CT molecular complexity index is 611. The predicted molar refractivity (Wildman–Crippen MR) is 68.1 cm³/mol. The van der Waals surface area contributed by atoms with Crippen molar-refractivity contribution < 1.29 is 13.6 Å². The summed E-state index contributed by atoms with van der Waals surface area (Å²) in [6.45, 7) is 3.19. The van der Waals surface area contributed by atoms with Gasteiger partial charge in [-0.05, 0) is 36.2 Å². The number of carbonyl (C=O) groups excluding carboxylic acids is 1. The van der Waals surface area contributed by atoms with Crippen LogP contribution < -0.4 is 0 Å². The van der Waals surface area contributed by atoms with Gasteiger partial charge in [0.25, 0.3) is 0 Å². The largest absolute Gasteiger partial charge is 0.293 e. The Hall–Kier alpha value is -2.10. The number of benzene rings is 1. The molecule has 0 saturated heterocycles. The van der Waals surface area contributed by atoms with Crippen LogP contribution in [0.2, 0.25) is 0 Å². The van der Waals surface area contributed by atoms with Gasteiger partial charge in [-0.3, -0.25) is 9.78 Å². The molecule has 0 amide bonds. The molecule has 0 spiro atoms. The molecule has 0 radical (unpaired) electrons. The van der Waals surface area contributed by atoms with E-state index in [1.807, 2.05) is 0 Å². The van der Waals surface area contributed by atoms with Crippen molar-refractivity contribution >= 4 is 5.78 Å². The van der Waals surface area contributed by atoms with Gasteiger partial charge in [-0.2, -0.15) is 0 Å². The summed E-state index contributed by atoms with van der Waals surface area (Å²) in [6, 6.07) is 5.42. The van der Waals surface area contributed by atoms with Crippen molar-refractivity contribution in [1.82, 2.24) is 4.98 Å². The zero-order valence-corrected chi connectivity index (χ0v) is 10.7. The van der Waals surface area contributed by atoms with E-state index in [1.165, 1.54) is 13.0 Å². The van der Waals surface area contributed by atoms with Crippen molar-refractivity contribution in [3.8, 4) is 0 Å². The first-order valence-corrected chi connectivity index (χ1v) is 5.90. The molecule has 0 fully saturated rings. The molecule has 2 nitrogen and oxygen atoms in total. The zero-order valence-electron chi connectivity index (χ0n) is 10.7. The van der Waals surface area contributed by atoms with Crippen LogP contribution in [0.1, 0.15) is 34.3 Å². The lowest BCUT2D eigenvalue weighted by Crippen LogP contribution is -2.12. The highest BCUT2D eigenvalue weighted by Gasteiger charge is 2.21. The van der Waals surface area contributed by atoms with Crippen LogP contribution in [0.15, 0.2) is 36.7 Å². The third kappa shape index (κ3) is 2.67. The first-order valence-electron chi connectivity index (χ1n) is 5.90. The summed E-state index contributed by atoms with van der Waals surface area (Å²) in [5.74, 6) is -2.34. The number of rotatable bonds is 3. The minimum Gasteiger partial charge on any atom is -0.293 e. The number of pyridine rings is 1. The Morgan fingerprint density at radius 1 is 1.16 bits per heavy atom. The van der Waals surface area contributed by atoms with Gasteiger partial charge < -0.3 is 0 Å². The Morgan fingerprint density at radius 3 is 2.42 bits per heavy atom. The van der Waals surface area contributed by atoms with Crippen molar-refractivity contribution in [2.24, 2.45) is 0 Å². The third-order valence-electron chi connectivity index (χ3n) is 3.11. The number of halogens is 2.